The normalized spacial score (nSPS) is 13.5. The van der Waals surface area contributed by atoms with Crippen molar-refractivity contribution in [3.05, 3.63) is 59.2 Å². The summed E-state index contributed by atoms with van der Waals surface area (Å²) in [6.07, 6.45) is 0.936. The summed E-state index contributed by atoms with van der Waals surface area (Å²) < 4.78 is 26.8. The van der Waals surface area contributed by atoms with Crippen molar-refractivity contribution in [2.45, 2.75) is 19.4 Å². The number of nitrogens with one attached hydrogen (secondary N) is 2. The van der Waals surface area contributed by atoms with Gasteiger partial charge in [0.2, 0.25) is 5.91 Å². The Hall–Kier alpha value is -2.43. The first-order valence-corrected chi connectivity index (χ1v) is 6.72. The van der Waals surface area contributed by atoms with Crippen LogP contribution in [0, 0.1) is 11.6 Å². The van der Waals surface area contributed by atoms with Gasteiger partial charge >= 0.3 is 0 Å². The molecule has 0 bridgehead atoms. The van der Waals surface area contributed by atoms with Crippen molar-refractivity contribution in [2.75, 3.05) is 10.6 Å². The third kappa shape index (κ3) is 3.02. The lowest BCUT2D eigenvalue weighted by atomic mass is 10.0. The Morgan fingerprint density at radius 1 is 1.10 bits per heavy atom. The number of carbonyl (C=O) groups is 1. The lowest BCUT2D eigenvalue weighted by Gasteiger charge is -2.19. The third-order valence-corrected chi connectivity index (χ3v) is 3.48. The summed E-state index contributed by atoms with van der Waals surface area (Å²) in [5, 5.41) is 5.70. The molecule has 0 spiro atoms. The Morgan fingerprint density at radius 2 is 1.86 bits per heavy atom. The maximum absolute atomic E-state index is 14.0. The Kier molecular flexibility index (Phi) is 3.56. The fourth-order valence-electron chi connectivity index (χ4n) is 2.33. The molecule has 0 saturated heterocycles. The van der Waals surface area contributed by atoms with Crippen LogP contribution in [0.15, 0.2) is 36.4 Å². The van der Waals surface area contributed by atoms with E-state index in [1.54, 1.807) is 18.2 Å². The van der Waals surface area contributed by atoms with Crippen LogP contribution < -0.4 is 10.6 Å². The molecule has 3 nitrogen and oxygen atoms in total. The van der Waals surface area contributed by atoms with Gasteiger partial charge in [0.1, 0.15) is 11.6 Å². The minimum Gasteiger partial charge on any atom is -0.379 e. The number of rotatable bonds is 3. The molecular weight excluding hydrogens is 274 g/mol. The molecule has 0 aromatic heterocycles. The minimum atomic E-state index is -0.355. The lowest BCUT2D eigenvalue weighted by Crippen LogP contribution is -2.19. The van der Waals surface area contributed by atoms with Gasteiger partial charge in [0.25, 0.3) is 0 Å². The summed E-state index contributed by atoms with van der Waals surface area (Å²) in [4.78, 5) is 11.4. The van der Waals surface area contributed by atoms with Crippen LogP contribution in [0.3, 0.4) is 0 Å². The van der Waals surface area contributed by atoms with Crippen molar-refractivity contribution in [1.82, 2.24) is 0 Å². The first kappa shape index (κ1) is 13.5. The van der Waals surface area contributed by atoms with Crippen LogP contribution in [0.25, 0.3) is 0 Å². The number of hydrogen-bond acceptors (Lipinski definition) is 2. The number of carbonyl (C=O) groups excluding carboxylic acids is 1. The van der Waals surface area contributed by atoms with Crippen molar-refractivity contribution in [1.29, 1.82) is 0 Å². The minimum absolute atomic E-state index is 0.0569. The van der Waals surface area contributed by atoms with Gasteiger partial charge in [-0.2, -0.15) is 0 Å². The van der Waals surface area contributed by atoms with E-state index in [0.29, 0.717) is 30.8 Å². The van der Waals surface area contributed by atoms with Gasteiger partial charge in [0.05, 0.1) is 5.69 Å². The van der Waals surface area contributed by atoms with Gasteiger partial charge in [-0.15, -0.1) is 0 Å². The second kappa shape index (κ2) is 5.52. The number of anilines is 2. The number of aryl methyl sites for hydroxylation is 1. The Balaban J connectivity index is 1.77. The van der Waals surface area contributed by atoms with Crippen LogP contribution >= 0.6 is 0 Å². The first-order valence-electron chi connectivity index (χ1n) is 6.72. The summed E-state index contributed by atoms with van der Waals surface area (Å²) in [6.45, 7) is 0.379. The second-order valence-corrected chi connectivity index (χ2v) is 5.02. The maximum atomic E-state index is 14.0. The fourth-order valence-corrected chi connectivity index (χ4v) is 2.33. The number of fused-ring (bicyclic) bond motifs is 1. The molecule has 0 radical (unpaired) electrons. The summed E-state index contributed by atoms with van der Waals surface area (Å²) >= 11 is 0. The van der Waals surface area contributed by atoms with Crippen LogP contribution in [0.5, 0.6) is 0 Å². The van der Waals surface area contributed by atoms with Gasteiger partial charge < -0.3 is 10.6 Å². The van der Waals surface area contributed by atoms with Crippen molar-refractivity contribution in [2.24, 2.45) is 0 Å². The molecule has 1 aliphatic heterocycles. The standard InChI is InChI=1S/C16H14F2N2O/c17-12-4-1-10(2-5-12)9-19-15-8-14-11(7-13(15)18)3-6-16(21)20-14/h1-2,4-5,7-8,19H,3,6,9H2,(H,20,21). The Morgan fingerprint density at radius 3 is 2.62 bits per heavy atom. The molecule has 0 fully saturated rings. The fraction of sp³-hybridized carbons (Fsp3) is 0.188. The number of halogens is 2. The molecule has 2 N–H and O–H groups in total. The average Bonchev–Trinajstić information content (AvgIpc) is 2.47. The van der Waals surface area contributed by atoms with Gasteiger partial charge in [0, 0.05) is 18.7 Å². The van der Waals surface area contributed by atoms with Gasteiger partial charge in [-0.05, 0) is 41.8 Å². The van der Waals surface area contributed by atoms with Crippen LogP contribution in [0.4, 0.5) is 20.2 Å². The number of benzene rings is 2. The average molecular weight is 288 g/mol. The van der Waals surface area contributed by atoms with Crippen molar-refractivity contribution in [3.63, 3.8) is 0 Å². The zero-order valence-corrected chi connectivity index (χ0v) is 11.2. The summed E-state index contributed by atoms with van der Waals surface area (Å²) in [6, 6.07) is 9.05. The van der Waals surface area contributed by atoms with Crippen LogP contribution in [0.2, 0.25) is 0 Å². The molecule has 1 amide bonds. The maximum Gasteiger partial charge on any atom is 0.224 e. The monoisotopic (exact) mass is 288 g/mol. The summed E-state index contributed by atoms with van der Waals surface area (Å²) in [5.74, 6) is -0.716. The van der Waals surface area contributed by atoms with E-state index in [4.69, 9.17) is 0 Å². The van der Waals surface area contributed by atoms with E-state index >= 15 is 0 Å². The van der Waals surface area contributed by atoms with Gasteiger partial charge in [-0.25, -0.2) is 8.78 Å². The topological polar surface area (TPSA) is 41.1 Å². The Labute approximate surface area is 121 Å². The van der Waals surface area contributed by atoms with Gasteiger partial charge in [-0.3, -0.25) is 4.79 Å². The Bertz CT molecular complexity index is 683. The van der Waals surface area contributed by atoms with Gasteiger partial charge in [0.15, 0.2) is 0 Å². The van der Waals surface area contributed by atoms with E-state index in [0.717, 1.165) is 11.1 Å². The molecule has 1 aliphatic rings. The molecule has 0 saturated carbocycles. The highest BCUT2D eigenvalue weighted by atomic mass is 19.1. The molecule has 0 unspecified atom stereocenters. The highest BCUT2D eigenvalue weighted by molar-refractivity contribution is 5.94. The lowest BCUT2D eigenvalue weighted by molar-refractivity contribution is -0.116. The molecule has 2 aromatic carbocycles. The molecule has 5 heteroatoms. The van der Waals surface area contributed by atoms with Crippen molar-refractivity contribution in [3.8, 4) is 0 Å². The third-order valence-electron chi connectivity index (χ3n) is 3.48. The molecule has 2 aromatic rings. The number of hydrogen-bond donors (Lipinski definition) is 2. The van der Waals surface area contributed by atoms with Crippen molar-refractivity contribution >= 4 is 17.3 Å². The molecule has 3 rings (SSSR count). The van der Waals surface area contributed by atoms with Crippen molar-refractivity contribution < 1.29 is 13.6 Å². The summed E-state index contributed by atoms with van der Waals surface area (Å²) in [5.41, 5.74) is 2.62. The summed E-state index contributed by atoms with van der Waals surface area (Å²) in [7, 11) is 0. The van der Waals surface area contributed by atoms with E-state index in [1.807, 2.05) is 0 Å². The highest BCUT2D eigenvalue weighted by Gasteiger charge is 2.17. The highest BCUT2D eigenvalue weighted by Crippen LogP contribution is 2.28. The van der Waals surface area contributed by atoms with Gasteiger partial charge in [-0.1, -0.05) is 12.1 Å². The van der Waals surface area contributed by atoms with E-state index in [-0.39, 0.29) is 17.5 Å². The first-order chi connectivity index (χ1) is 10.1. The number of amides is 1. The molecule has 1 heterocycles. The van der Waals surface area contributed by atoms with E-state index < -0.39 is 0 Å². The molecule has 108 valence electrons. The predicted molar refractivity (Wildman–Crippen MR) is 77.1 cm³/mol. The molecule has 0 aliphatic carbocycles. The zero-order valence-electron chi connectivity index (χ0n) is 11.2. The smallest absolute Gasteiger partial charge is 0.224 e. The van der Waals surface area contributed by atoms with E-state index in [1.165, 1.54) is 18.2 Å². The zero-order chi connectivity index (χ0) is 14.8. The second-order valence-electron chi connectivity index (χ2n) is 5.02. The van der Waals surface area contributed by atoms with E-state index in [2.05, 4.69) is 10.6 Å². The van der Waals surface area contributed by atoms with E-state index in [9.17, 15) is 13.6 Å². The quantitative estimate of drug-likeness (QED) is 0.908. The van der Waals surface area contributed by atoms with Crippen LogP contribution in [0.1, 0.15) is 17.5 Å². The van der Waals surface area contributed by atoms with Crippen LogP contribution in [-0.2, 0) is 17.8 Å². The molecular formula is C16H14F2N2O. The largest absolute Gasteiger partial charge is 0.379 e. The predicted octanol–water partition coefficient (Wildman–Crippen LogP) is 3.46. The SMILES string of the molecule is O=C1CCc2cc(F)c(NCc3ccc(F)cc3)cc2N1. The molecule has 21 heavy (non-hydrogen) atoms. The van der Waals surface area contributed by atoms with Crippen LogP contribution in [-0.4, -0.2) is 5.91 Å². The molecule has 0 atom stereocenters.